The molecule has 10 heteroatoms. The van der Waals surface area contributed by atoms with Gasteiger partial charge >= 0.3 is 20.8 Å². The van der Waals surface area contributed by atoms with Gasteiger partial charge in [-0.3, -0.25) is 4.55 Å². The fourth-order valence-corrected chi connectivity index (χ4v) is 9.18. The molecule has 0 spiro atoms. The molecular weight excluding hydrogens is 420 g/mol. The Morgan fingerprint density at radius 1 is 0.862 bits per heavy atom. The molecule has 0 aromatic heterocycles. The summed E-state index contributed by atoms with van der Waals surface area (Å²) < 4.78 is 63.2. The molecule has 0 saturated heterocycles. The van der Waals surface area contributed by atoms with Gasteiger partial charge in [-0.05, 0) is 92.3 Å². The standard InChI is InChI=1S/C19H32O8S2/c1-18-9-7-13(20)11-12(18)3-4-14-15-5-6-17(19(15,2)10-8-16(14)18)26-29(24,25)27-28(21,22)23/h12-17,20H,3-11H2,1-2H3,(H,21,22,23)/t12-,13-,14-,15-,16-,17-,18-,19-/m0/s1. The normalized spacial score (nSPS) is 47.9. The van der Waals surface area contributed by atoms with E-state index in [4.69, 9.17) is 8.74 Å². The van der Waals surface area contributed by atoms with Gasteiger partial charge in [-0.25, -0.2) is 4.18 Å². The van der Waals surface area contributed by atoms with Crippen LogP contribution in [0.4, 0.5) is 0 Å². The Labute approximate surface area is 173 Å². The van der Waals surface area contributed by atoms with Crippen molar-refractivity contribution < 1.29 is 34.3 Å². The number of hydrogen-bond acceptors (Lipinski definition) is 7. The van der Waals surface area contributed by atoms with Gasteiger partial charge in [-0.15, -0.1) is 3.63 Å². The van der Waals surface area contributed by atoms with E-state index in [2.05, 4.69) is 10.6 Å². The van der Waals surface area contributed by atoms with Gasteiger partial charge in [0.1, 0.15) is 0 Å². The first kappa shape index (κ1) is 22.0. The minimum absolute atomic E-state index is 0.184. The molecule has 4 rings (SSSR count). The molecule has 2 N–H and O–H groups in total. The van der Waals surface area contributed by atoms with E-state index in [1.54, 1.807) is 0 Å². The molecule has 0 aromatic rings. The zero-order valence-corrected chi connectivity index (χ0v) is 18.6. The van der Waals surface area contributed by atoms with Crippen LogP contribution in [-0.2, 0) is 28.6 Å². The van der Waals surface area contributed by atoms with Crippen molar-refractivity contribution in [1.29, 1.82) is 0 Å². The van der Waals surface area contributed by atoms with Gasteiger partial charge in [0.2, 0.25) is 0 Å². The monoisotopic (exact) mass is 452 g/mol. The Kier molecular flexibility index (Phi) is 5.40. The Hall–Kier alpha value is -0.260. The molecule has 0 aromatic carbocycles. The maximum Gasteiger partial charge on any atom is 0.416 e. The second kappa shape index (κ2) is 7.13. The van der Waals surface area contributed by atoms with Crippen molar-refractivity contribution in [2.24, 2.45) is 34.5 Å². The highest BCUT2D eigenvalue weighted by atomic mass is 32.3. The molecular formula is C19H32O8S2. The summed E-state index contributed by atoms with van der Waals surface area (Å²) in [7, 11) is -9.99. The maximum atomic E-state index is 12.0. The average molecular weight is 453 g/mol. The fraction of sp³-hybridized carbons (Fsp3) is 1.00. The van der Waals surface area contributed by atoms with Gasteiger partial charge in [0.25, 0.3) is 0 Å². The topological polar surface area (TPSA) is 127 Å². The van der Waals surface area contributed by atoms with Crippen LogP contribution in [0.2, 0.25) is 0 Å². The summed E-state index contributed by atoms with van der Waals surface area (Å²) in [6, 6.07) is 0. The highest BCUT2D eigenvalue weighted by Gasteiger charge is 2.61. The highest BCUT2D eigenvalue weighted by molar-refractivity contribution is 7.94. The van der Waals surface area contributed by atoms with Gasteiger partial charge in [0, 0.05) is 0 Å². The third kappa shape index (κ3) is 3.89. The van der Waals surface area contributed by atoms with Crippen molar-refractivity contribution in [2.45, 2.75) is 83.8 Å². The minimum atomic E-state index is -5.15. The summed E-state index contributed by atoms with van der Waals surface area (Å²) in [5.41, 5.74) is -0.142. The van der Waals surface area contributed by atoms with Crippen molar-refractivity contribution in [1.82, 2.24) is 0 Å². The van der Waals surface area contributed by atoms with Crippen molar-refractivity contribution in [3.05, 3.63) is 0 Å². The highest BCUT2D eigenvalue weighted by Crippen LogP contribution is 2.66. The predicted octanol–water partition coefficient (Wildman–Crippen LogP) is 2.84. The van der Waals surface area contributed by atoms with E-state index in [1.807, 2.05) is 6.92 Å². The van der Waals surface area contributed by atoms with E-state index in [0.717, 1.165) is 51.4 Å². The summed E-state index contributed by atoms with van der Waals surface area (Å²) in [6.07, 6.45) is 7.29. The SMILES string of the molecule is C[C@]12CC[C@H](O)C[C@@H]1CC[C@@H]1[C@@H]2CC[C@]2(C)[C@@H](OS(=O)(=O)OS(=O)(=O)O)CC[C@@H]12. The molecule has 0 amide bonds. The van der Waals surface area contributed by atoms with E-state index in [1.165, 1.54) is 0 Å². The van der Waals surface area contributed by atoms with Crippen LogP contribution in [0, 0.1) is 34.5 Å². The Balaban J connectivity index is 1.53. The molecule has 0 unspecified atom stereocenters. The van der Waals surface area contributed by atoms with Crippen molar-refractivity contribution >= 4 is 20.8 Å². The average Bonchev–Trinajstić information content (AvgIpc) is 2.89. The molecule has 0 bridgehead atoms. The van der Waals surface area contributed by atoms with E-state index < -0.39 is 26.9 Å². The number of rotatable bonds is 4. The van der Waals surface area contributed by atoms with E-state index in [0.29, 0.717) is 30.1 Å². The first-order valence-corrected chi connectivity index (χ1v) is 13.3. The largest absolute Gasteiger partial charge is 0.416 e. The first-order valence-electron chi connectivity index (χ1n) is 10.6. The van der Waals surface area contributed by atoms with Crippen LogP contribution in [0.25, 0.3) is 0 Å². The molecule has 4 fully saturated rings. The molecule has 8 nitrogen and oxygen atoms in total. The molecule has 0 radical (unpaired) electrons. The van der Waals surface area contributed by atoms with Gasteiger partial charge < -0.3 is 5.11 Å². The summed E-state index contributed by atoms with van der Waals surface area (Å²) in [5, 5.41) is 10.1. The lowest BCUT2D eigenvalue weighted by molar-refractivity contribution is -0.131. The zero-order chi connectivity index (χ0) is 21.2. The van der Waals surface area contributed by atoms with Crippen molar-refractivity contribution in [2.75, 3.05) is 0 Å². The van der Waals surface area contributed by atoms with Crippen LogP contribution >= 0.6 is 0 Å². The van der Waals surface area contributed by atoms with E-state index in [-0.39, 0.29) is 16.9 Å². The first-order chi connectivity index (χ1) is 13.3. The number of fused-ring (bicyclic) bond motifs is 5. The lowest BCUT2D eigenvalue weighted by atomic mass is 9.45. The van der Waals surface area contributed by atoms with Gasteiger partial charge in [0.15, 0.2) is 0 Å². The number of aliphatic hydroxyl groups is 1. The Bertz CT molecular complexity index is 855. The second-order valence-electron chi connectivity index (χ2n) is 10.2. The second-order valence-corrected chi connectivity index (χ2v) is 12.6. The van der Waals surface area contributed by atoms with Crippen LogP contribution in [0.1, 0.15) is 71.6 Å². The molecule has 0 heterocycles. The minimum Gasteiger partial charge on any atom is -0.393 e. The van der Waals surface area contributed by atoms with E-state index in [9.17, 15) is 21.9 Å². The Morgan fingerprint density at radius 2 is 1.52 bits per heavy atom. The molecule has 4 aliphatic carbocycles. The number of aliphatic hydroxyl groups excluding tert-OH is 1. The third-order valence-electron chi connectivity index (χ3n) is 8.95. The molecule has 29 heavy (non-hydrogen) atoms. The molecule has 0 aliphatic heterocycles. The molecule has 4 saturated carbocycles. The lowest BCUT2D eigenvalue weighted by Gasteiger charge is -2.60. The van der Waals surface area contributed by atoms with Crippen LogP contribution in [-0.4, -0.2) is 38.7 Å². The van der Waals surface area contributed by atoms with Gasteiger partial charge in [-0.2, -0.15) is 16.8 Å². The molecule has 168 valence electrons. The van der Waals surface area contributed by atoms with E-state index >= 15 is 0 Å². The van der Waals surface area contributed by atoms with Crippen molar-refractivity contribution in [3.8, 4) is 0 Å². The third-order valence-corrected chi connectivity index (χ3v) is 10.8. The summed E-state index contributed by atoms with van der Waals surface area (Å²) in [4.78, 5) is 0. The molecule has 8 atom stereocenters. The van der Waals surface area contributed by atoms with Crippen molar-refractivity contribution in [3.63, 3.8) is 0 Å². The van der Waals surface area contributed by atoms with Crippen LogP contribution in [0.5, 0.6) is 0 Å². The summed E-state index contributed by atoms with van der Waals surface area (Å²) >= 11 is 0. The summed E-state index contributed by atoms with van der Waals surface area (Å²) in [5.74, 6) is 1.92. The summed E-state index contributed by atoms with van der Waals surface area (Å²) in [6.45, 7) is 4.43. The fourth-order valence-electron chi connectivity index (χ4n) is 7.61. The van der Waals surface area contributed by atoms with Gasteiger partial charge in [0.05, 0.1) is 12.2 Å². The van der Waals surface area contributed by atoms with Gasteiger partial charge in [-0.1, -0.05) is 13.8 Å². The number of hydrogen-bond donors (Lipinski definition) is 2. The predicted molar refractivity (Wildman–Crippen MR) is 104 cm³/mol. The van der Waals surface area contributed by atoms with Crippen LogP contribution in [0.3, 0.4) is 0 Å². The Morgan fingerprint density at radius 3 is 2.21 bits per heavy atom. The zero-order valence-electron chi connectivity index (χ0n) is 17.0. The smallest absolute Gasteiger partial charge is 0.393 e. The van der Waals surface area contributed by atoms with Crippen LogP contribution in [0.15, 0.2) is 0 Å². The van der Waals surface area contributed by atoms with Crippen LogP contribution < -0.4 is 0 Å². The maximum absolute atomic E-state index is 12.0. The quantitative estimate of drug-likeness (QED) is 0.623. The molecule has 4 aliphatic rings. The lowest BCUT2D eigenvalue weighted by Crippen LogP contribution is -2.54.